The van der Waals surface area contributed by atoms with Crippen molar-refractivity contribution < 1.29 is 13.2 Å². The summed E-state index contributed by atoms with van der Waals surface area (Å²) in [6, 6.07) is 0. The Bertz CT molecular complexity index is 493. The van der Waals surface area contributed by atoms with Gasteiger partial charge in [-0.05, 0) is 33.1 Å². The molecule has 0 unspecified atom stereocenters. The molecule has 0 radical (unpaired) electrons. The molecule has 144 valence electrons. The largest absolute Gasteiger partial charge is 0.380 e. The van der Waals surface area contributed by atoms with Crippen LogP contribution in [0.15, 0.2) is 4.99 Å². The van der Waals surface area contributed by atoms with Gasteiger partial charge in [0, 0.05) is 26.2 Å². The molecular formula is C16H34IN3O3S. The van der Waals surface area contributed by atoms with Crippen molar-refractivity contribution in [2.24, 2.45) is 10.9 Å². The lowest BCUT2D eigenvalue weighted by Crippen LogP contribution is -2.57. The zero-order valence-corrected chi connectivity index (χ0v) is 18.8. The van der Waals surface area contributed by atoms with Gasteiger partial charge in [0.15, 0.2) is 15.8 Å². The summed E-state index contributed by atoms with van der Waals surface area (Å²) in [4.78, 5) is 6.62. The standard InChI is InChI=1S/C16H33N3O3S.HI/c1-6-17-15(18-8-11-22-10-7-14(2)3)19-9-12-23(20,21)16(4,5)13-19;/h14H,6-13H2,1-5H3,(H,17,18);1H. The zero-order valence-electron chi connectivity index (χ0n) is 15.7. The fourth-order valence-electron chi connectivity index (χ4n) is 2.39. The predicted molar refractivity (Wildman–Crippen MR) is 111 cm³/mol. The van der Waals surface area contributed by atoms with Crippen LogP contribution >= 0.6 is 24.0 Å². The van der Waals surface area contributed by atoms with Gasteiger partial charge in [0.05, 0.1) is 23.7 Å². The average molecular weight is 475 g/mol. The second kappa shape index (κ2) is 10.8. The van der Waals surface area contributed by atoms with Crippen LogP contribution in [0.25, 0.3) is 0 Å². The number of sulfone groups is 1. The average Bonchev–Trinajstić information content (AvgIpc) is 2.44. The van der Waals surface area contributed by atoms with Gasteiger partial charge >= 0.3 is 0 Å². The van der Waals surface area contributed by atoms with Crippen molar-refractivity contribution >= 4 is 39.8 Å². The SMILES string of the molecule is CCNC(=NCCOCCC(C)C)N1CCS(=O)(=O)C(C)(C)C1.I. The summed E-state index contributed by atoms with van der Waals surface area (Å²) in [5.74, 6) is 1.60. The minimum absolute atomic E-state index is 0. The summed E-state index contributed by atoms with van der Waals surface area (Å²) >= 11 is 0. The van der Waals surface area contributed by atoms with E-state index in [9.17, 15) is 8.42 Å². The molecule has 6 nitrogen and oxygen atoms in total. The van der Waals surface area contributed by atoms with Crippen LogP contribution < -0.4 is 5.32 Å². The number of aliphatic imine (C=N–C) groups is 1. The van der Waals surface area contributed by atoms with Crippen LogP contribution in [0.5, 0.6) is 0 Å². The van der Waals surface area contributed by atoms with E-state index in [-0.39, 0.29) is 29.7 Å². The molecule has 0 aromatic heterocycles. The van der Waals surface area contributed by atoms with Crippen molar-refractivity contribution in [3.05, 3.63) is 0 Å². The van der Waals surface area contributed by atoms with Gasteiger partial charge in [0.25, 0.3) is 0 Å². The molecule has 0 bridgehead atoms. The normalized spacial score (nSPS) is 19.9. The molecule has 1 aliphatic rings. The minimum atomic E-state index is -3.03. The summed E-state index contributed by atoms with van der Waals surface area (Å²) in [7, 11) is -3.03. The second-order valence-electron chi connectivity index (χ2n) is 7.03. The first-order valence-electron chi connectivity index (χ1n) is 8.53. The molecule has 1 heterocycles. The lowest BCUT2D eigenvalue weighted by atomic mass is 10.1. The Morgan fingerprint density at radius 3 is 2.54 bits per heavy atom. The van der Waals surface area contributed by atoms with E-state index in [2.05, 4.69) is 24.2 Å². The van der Waals surface area contributed by atoms with Gasteiger partial charge in [-0.15, -0.1) is 24.0 Å². The first kappa shape index (κ1) is 23.9. The van der Waals surface area contributed by atoms with Gasteiger partial charge in [-0.2, -0.15) is 0 Å². The van der Waals surface area contributed by atoms with Crippen LogP contribution in [-0.2, 0) is 14.6 Å². The number of rotatable bonds is 7. The van der Waals surface area contributed by atoms with E-state index in [4.69, 9.17) is 4.74 Å². The Kier molecular flexibility index (Phi) is 10.8. The van der Waals surface area contributed by atoms with E-state index >= 15 is 0 Å². The molecule has 0 saturated carbocycles. The van der Waals surface area contributed by atoms with Gasteiger partial charge in [-0.1, -0.05) is 13.8 Å². The maximum atomic E-state index is 12.1. The molecule has 0 amide bonds. The highest BCUT2D eigenvalue weighted by atomic mass is 127. The Hall–Kier alpha value is -0.0900. The molecule has 0 aliphatic carbocycles. The van der Waals surface area contributed by atoms with Crippen LogP contribution in [-0.4, -0.2) is 69.2 Å². The monoisotopic (exact) mass is 475 g/mol. The predicted octanol–water partition coefficient (Wildman–Crippen LogP) is 2.14. The Labute approximate surface area is 164 Å². The molecule has 0 atom stereocenters. The molecule has 0 aromatic carbocycles. The van der Waals surface area contributed by atoms with Crippen molar-refractivity contribution in [3.8, 4) is 0 Å². The first-order chi connectivity index (χ1) is 10.7. The summed E-state index contributed by atoms with van der Waals surface area (Å²) in [6.45, 7) is 13.6. The fourth-order valence-corrected chi connectivity index (χ4v) is 3.75. The van der Waals surface area contributed by atoms with Crippen molar-refractivity contribution in [2.45, 2.75) is 45.8 Å². The topological polar surface area (TPSA) is 71.0 Å². The van der Waals surface area contributed by atoms with Crippen LogP contribution in [0.2, 0.25) is 0 Å². The molecule has 1 rings (SSSR count). The van der Waals surface area contributed by atoms with E-state index in [1.807, 2.05) is 11.8 Å². The van der Waals surface area contributed by atoms with Crippen LogP contribution in [0.4, 0.5) is 0 Å². The van der Waals surface area contributed by atoms with Gasteiger partial charge in [-0.3, -0.25) is 4.99 Å². The summed E-state index contributed by atoms with van der Waals surface area (Å²) in [5, 5.41) is 3.25. The molecular weight excluding hydrogens is 441 g/mol. The molecule has 24 heavy (non-hydrogen) atoms. The number of nitrogens with zero attached hydrogens (tertiary/aromatic N) is 2. The quantitative estimate of drug-likeness (QED) is 0.265. The van der Waals surface area contributed by atoms with Gasteiger partial charge in [-0.25, -0.2) is 8.42 Å². The van der Waals surface area contributed by atoms with Gasteiger partial charge in [0.1, 0.15) is 0 Å². The van der Waals surface area contributed by atoms with E-state index in [0.717, 1.165) is 25.5 Å². The number of ether oxygens (including phenoxy) is 1. The molecule has 0 spiro atoms. The maximum Gasteiger partial charge on any atom is 0.194 e. The highest BCUT2D eigenvalue weighted by Crippen LogP contribution is 2.23. The lowest BCUT2D eigenvalue weighted by Gasteiger charge is -2.39. The van der Waals surface area contributed by atoms with Crippen LogP contribution in [0.1, 0.15) is 41.0 Å². The molecule has 1 saturated heterocycles. The highest BCUT2D eigenvalue weighted by Gasteiger charge is 2.40. The summed E-state index contributed by atoms with van der Waals surface area (Å²) in [6.07, 6.45) is 1.06. The fraction of sp³-hybridized carbons (Fsp3) is 0.938. The van der Waals surface area contributed by atoms with E-state index in [1.54, 1.807) is 13.8 Å². The van der Waals surface area contributed by atoms with Crippen LogP contribution in [0, 0.1) is 5.92 Å². The van der Waals surface area contributed by atoms with Crippen LogP contribution in [0.3, 0.4) is 0 Å². The summed E-state index contributed by atoms with van der Waals surface area (Å²) in [5.41, 5.74) is 0. The van der Waals surface area contributed by atoms with Gasteiger partial charge in [0.2, 0.25) is 0 Å². The second-order valence-corrected chi connectivity index (χ2v) is 9.77. The number of hydrogen-bond donors (Lipinski definition) is 1. The smallest absolute Gasteiger partial charge is 0.194 e. The number of guanidine groups is 1. The van der Waals surface area contributed by atoms with Crippen molar-refractivity contribution in [3.63, 3.8) is 0 Å². The zero-order chi connectivity index (χ0) is 17.5. The van der Waals surface area contributed by atoms with Crippen molar-refractivity contribution in [1.82, 2.24) is 10.2 Å². The van der Waals surface area contributed by atoms with E-state index in [0.29, 0.717) is 32.2 Å². The van der Waals surface area contributed by atoms with Crippen molar-refractivity contribution in [1.29, 1.82) is 0 Å². The maximum absolute atomic E-state index is 12.1. The summed E-state index contributed by atoms with van der Waals surface area (Å²) < 4.78 is 29.1. The number of hydrogen-bond acceptors (Lipinski definition) is 4. The molecule has 8 heteroatoms. The Morgan fingerprint density at radius 1 is 1.33 bits per heavy atom. The minimum Gasteiger partial charge on any atom is -0.380 e. The first-order valence-corrected chi connectivity index (χ1v) is 10.2. The third-order valence-electron chi connectivity index (χ3n) is 4.01. The number of halogens is 1. The lowest BCUT2D eigenvalue weighted by molar-refractivity contribution is 0.130. The molecule has 1 N–H and O–H groups in total. The van der Waals surface area contributed by atoms with Crippen molar-refractivity contribution in [2.75, 3.05) is 45.1 Å². The Morgan fingerprint density at radius 2 is 2.00 bits per heavy atom. The molecule has 0 aromatic rings. The van der Waals surface area contributed by atoms with Gasteiger partial charge < -0.3 is 15.0 Å². The Balaban J connectivity index is 0.00000529. The third kappa shape index (κ3) is 7.43. The third-order valence-corrected chi connectivity index (χ3v) is 6.55. The molecule has 1 aliphatic heterocycles. The van der Waals surface area contributed by atoms with E-state index in [1.165, 1.54) is 0 Å². The molecule has 1 fully saturated rings. The number of nitrogens with one attached hydrogen (secondary N) is 1. The highest BCUT2D eigenvalue weighted by molar-refractivity contribution is 14.0. The van der Waals surface area contributed by atoms with E-state index < -0.39 is 14.6 Å².